The highest BCUT2D eigenvalue weighted by Gasteiger charge is 2.20. The van der Waals surface area contributed by atoms with E-state index in [1.54, 1.807) is 0 Å². The molecular formula is C21H23NO. The molecule has 2 aliphatic rings. The minimum Gasteiger partial charge on any atom is -0.460 e. The van der Waals surface area contributed by atoms with Crippen molar-refractivity contribution in [1.29, 1.82) is 0 Å². The molecule has 2 heteroatoms. The molecule has 0 saturated heterocycles. The van der Waals surface area contributed by atoms with E-state index in [0.29, 0.717) is 0 Å². The van der Waals surface area contributed by atoms with Gasteiger partial charge in [0.2, 0.25) is 0 Å². The second kappa shape index (κ2) is 6.11. The maximum Gasteiger partial charge on any atom is 0.134 e. The van der Waals surface area contributed by atoms with Crippen LogP contribution in [0, 0.1) is 0 Å². The minimum atomic E-state index is 0.996. The lowest BCUT2D eigenvalue weighted by Gasteiger charge is -2.23. The SMILES string of the molecule is CCCCCC1=c2c(ccc3c2=CCCN3)-c2ccccc2O1. The fraction of sp³-hybridized carbons (Fsp3) is 0.333. The number of benzene rings is 2. The van der Waals surface area contributed by atoms with Gasteiger partial charge >= 0.3 is 0 Å². The maximum atomic E-state index is 6.34. The van der Waals surface area contributed by atoms with Crippen molar-refractivity contribution >= 4 is 17.5 Å². The van der Waals surface area contributed by atoms with Crippen molar-refractivity contribution in [2.24, 2.45) is 0 Å². The van der Waals surface area contributed by atoms with E-state index in [-0.39, 0.29) is 0 Å². The smallest absolute Gasteiger partial charge is 0.134 e. The first-order chi connectivity index (χ1) is 11.4. The highest BCUT2D eigenvalue weighted by molar-refractivity contribution is 5.79. The Morgan fingerprint density at radius 2 is 1.96 bits per heavy atom. The van der Waals surface area contributed by atoms with Gasteiger partial charge in [0.25, 0.3) is 0 Å². The van der Waals surface area contributed by atoms with Gasteiger partial charge in [0.1, 0.15) is 11.5 Å². The average Bonchev–Trinajstić information content (AvgIpc) is 2.61. The first kappa shape index (κ1) is 14.4. The summed E-state index contributed by atoms with van der Waals surface area (Å²) < 4.78 is 6.34. The van der Waals surface area contributed by atoms with Gasteiger partial charge in [-0.25, -0.2) is 0 Å². The van der Waals surface area contributed by atoms with Gasteiger partial charge in [-0.2, -0.15) is 0 Å². The molecule has 23 heavy (non-hydrogen) atoms. The molecule has 2 heterocycles. The first-order valence-corrected chi connectivity index (χ1v) is 8.76. The lowest BCUT2D eigenvalue weighted by Crippen LogP contribution is -2.37. The summed E-state index contributed by atoms with van der Waals surface area (Å²) in [5, 5.41) is 6.16. The molecule has 2 nitrogen and oxygen atoms in total. The van der Waals surface area contributed by atoms with Crippen LogP contribution in [0.15, 0.2) is 36.4 Å². The zero-order chi connectivity index (χ0) is 15.6. The second-order valence-electron chi connectivity index (χ2n) is 6.35. The van der Waals surface area contributed by atoms with E-state index < -0.39 is 0 Å². The Kier molecular flexibility index (Phi) is 3.82. The van der Waals surface area contributed by atoms with Crippen LogP contribution >= 0.6 is 0 Å². The van der Waals surface area contributed by atoms with Crippen molar-refractivity contribution in [2.75, 3.05) is 11.9 Å². The van der Waals surface area contributed by atoms with Gasteiger partial charge in [-0.1, -0.05) is 50.1 Å². The molecule has 2 aromatic carbocycles. The number of hydrogen-bond donors (Lipinski definition) is 1. The van der Waals surface area contributed by atoms with E-state index in [9.17, 15) is 0 Å². The van der Waals surface area contributed by atoms with Gasteiger partial charge in [-0.3, -0.25) is 0 Å². The molecule has 2 aromatic rings. The third kappa shape index (κ3) is 2.52. The van der Waals surface area contributed by atoms with Gasteiger partial charge in [0.15, 0.2) is 0 Å². The Morgan fingerprint density at radius 1 is 1.04 bits per heavy atom. The highest BCUT2D eigenvalue weighted by atomic mass is 16.5. The zero-order valence-corrected chi connectivity index (χ0v) is 13.7. The Morgan fingerprint density at radius 3 is 2.87 bits per heavy atom. The predicted octanol–water partition coefficient (Wildman–Crippen LogP) is 4.03. The largest absolute Gasteiger partial charge is 0.460 e. The van der Waals surface area contributed by atoms with Crippen LogP contribution in [0.3, 0.4) is 0 Å². The van der Waals surface area contributed by atoms with E-state index >= 15 is 0 Å². The fourth-order valence-corrected chi connectivity index (χ4v) is 3.61. The molecule has 0 bridgehead atoms. The Bertz CT molecular complexity index is 851. The third-order valence-electron chi connectivity index (χ3n) is 4.75. The van der Waals surface area contributed by atoms with E-state index in [2.05, 4.69) is 54.7 Å². The molecule has 0 amide bonds. The van der Waals surface area contributed by atoms with Crippen LogP contribution in [-0.4, -0.2) is 6.54 Å². The van der Waals surface area contributed by atoms with E-state index in [1.807, 2.05) is 0 Å². The van der Waals surface area contributed by atoms with Crippen LogP contribution in [0.1, 0.15) is 39.0 Å². The van der Waals surface area contributed by atoms with Gasteiger partial charge in [-0.05, 0) is 30.5 Å². The highest BCUT2D eigenvalue weighted by Crippen LogP contribution is 2.33. The number of nitrogens with one attached hydrogen (secondary N) is 1. The number of anilines is 1. The summed E-state index contributed by atoms with van der Waals surface area (Å²) in [6.45, 7) is 3.27. The molecule has 0 saturated carbocycles. The van der Waals surface area contributed by atoms with Crippen LogP contribution in [-0.2, 0) is 0 Å². The Hall–Kier alpha value is -2.22. The summed E-state index contributed by atoms with van der Waals surface area (Å²) in [6.07, 6.45) is 8.12. The number of rotatable bonds is 4. The predicted molar refractivity (Wildman–Crippen MR) is 96.9 cm³/mol. The number of para-hydroxylation sites is 1. The molecule has 0 spiro atoms. The summed E-state index contributed by atoms with van der Waals surface area (Å²) in [7, 11) is 0. The lowest BCUT2D eigenvalue weighted by atomic mass is 9.94. The summed E-state index contributed by atoms with van der Waals surface area (Å²) in [4.78, 5) is 0. The quantitative estimate of drug-likeness (QED) is 0.861. The van der Waals surface area contributed by atoms with Gasteiger partial charge in [-0.15, -0.1) is 0 Å². The molecule has 1 N–H and O–H groups in total. The van der Waals surface area contributed by atoms with E-state index in [0.717, 1.165) is 30.9 Å². The summed E-state index contributed by atoms with van der Waals surface area (Å²) in [5.74, 6) is 2.14. The van der Waals surface area contributed by atoms with E-state index in [1.165, 1.54) is 46.5 Å². The second-order valence-corrected chi connectivity index (χ2v) is 6.35. The molecule has 0 aliphatic carbocycles. The third-order valence-corrected chi connectivity index (χ3v) is 4.75. The van der Waals surface area contributed by atoms with Crippen LogP contribution < -0.4 is 20.5 Å². The Balaban J connectivity index is 1.95. The molecule has 0 unspecified atom stereocenters. The topological polar surface area (TPSA) is 21.3 Å². The standard InChI is InChI=1S/C21H23NO/c1-2-3-4-11-20-21-16(15-8-5-6-10-19(15)23-20)12-13-18-17(21)9-7-14-22-18/h5-6,8-10,12-13,22H,2-4,7,11,14H2,1H3. The van der Waals surface area contributed by atoms with Crippen molar-refractivity contribution in [1.82, 2.24) is 0 Å². The number of hydrogen-bond acceptors (Lipinski definition) is 2. The fourth-order valence-electron chi connectivity index (χ4n) is 3.61. The minimum absolute atomic E-state index is 0.996. The summed E-state index contributed by atoms with van der Waals surface area (Å²) in [5.41, 5.74) is 3.77. The number of fused-ring (bicyclic) bond motifs is 5. The monoisotopic (exact) mass is 305 g/mol. The maximum absolute atomic E-state index is 6.34. The summed E-state index contributed by atoms with van der Waals surface area (Å²) >= 11 is 0. The van der Waals surface area contributed by atoms with Crippen LogP contribution in [0.4, 0.5) is 5.69 Å². The molecule has 118 valence electrons. The molecule has 2 aliphatic heterocycles. The zero-order valence-electron chi connectivity index (χ0n) is 13.7. The van der Waals surface area contributed by atoms with Crippen LogP contribution in [0.25, 0.3) is 23.0 Å². The van der Waals surface area contributed by atoms with Crippen molar-refractivity contribution < 1.29 is 4.74 Å². The number of unbranched alkanes of at least 4 members (excludes halogenated alkanes) is 2. The average molecular weight is 305 g/mol. The molecule has 0 atom stereocenters. The molecule has 0 fully saturated rings. The molecule has 0 radical (unpaired) electrons. The van der Waals surface area contributed by atoms with Crippen molar-refractivity contribution in [3.63, 3.8) is 0 Å². The van der Waals surface area contributed by atoms with Crippen molar-refractivity contribution in [3.8, 4) is 16.9 Å². The van der Waals surface area contributed by atoms with Crippen LogP contribution in [0.2, 0.25) is 0 Å². The summed E-state index contributed by atoms with van der Waals surface area (Å²) in [6, 6.07) is 12.9. The molecular weight excluding hydrogens is 282 g/mol. The van der Waals surface area contributed by atoms with Crippen molar-refractivity contribution in [3.05, 3.63) is 46.8 Å². The first-order valence-electron chi connectivity index (χ1n) is 8.76. The number of ether oxygens (including phenoxy) is 1. The van der Waals surface area contributed by atoms with Crippen LogP contribution in [0.5, 0.6) is 5.75 Å². The lowest BCUT2D eigenvalue weighted by molar-refractivity contribution is 0.474. The van der Waals surface area contributed by atoms with Gasteiger partial charge in [0, 0.05) is 34.7 Å². The van der Waals surface area contributed by atoms with Crippen molar-refractivity contribution in [2.45, 2.75) is 39.0 Å². The Labute approximate surface area is 137 Å². The van der Waals surface area contributed by atoms with Gasteiger partial charge < -0.3 is 10.1 Å². The molecule has 0 aromatic heterocycles. The van der Waals surface area contributed by atoms with Gasteiger partial charge in [0.05, 0.1) is 0 Å². The van der Waals surface area contributed by atoms with E-state index in [4.69, 9.17) is 4.74 Å². The normalized spacial score (nSPS) is 14.7. The molecule has 4 rings (SSSR count).